The van der Waals surface area contributed by atoms with Crippen LogP contribution in [-0.4, -0.2) is 17.3 Å². The third-order valence-corrected chi connectivity index (χ3v) is 1.33. The van der Waals surface area contributed by atoms with Crippen molar-refractivity contribution in [2.45, 2.75) is 0 Å². The fourth-order valence-corrected chi connectivity index (χ4v) is 0.721. The predicted molar refractivity (Wildman–Crippen MR) is 47.3 cm³/mol. The Morgan fingerprint density at radius 3 is 3.00 bits per heavy atom. The Morgan fingerprint density at radius 2 is 2.42 bits per heavy atom. The SMILES string of the molecule is NCC(=O)/C=C/c1ccccn1. The molecule has 0 spiro atoms. The monoisotopic (exact) mass is 162 g/mol. The third kappa shape index (κ3) is 2.64. The van der Waals surface area contributed by atoms with Crippen molar-refractivity contribution < 1.29 is 4.79 Å². The molecule has 0 aliphatic carbocycles. The van der Waals surface area contributed by atoms with Gasteiger partial charge >= 0.3 is 0 Å². The van der Waals surface area contributed by atoms with Crippen LogP contribution in [0.15, 0.2) is 30.5 Å². The zero-order valence-corrected chi connectivity index (χ0v) is 6.60. The number of rotatable bonds is 3. The van der Waals surface area contributed by atoms with E-state index >= 15 is 0 Å². The second-order valence-corrected chi connectivity index (χ2v) is 2.26. The van der Waals surface area contributed by atoms with Crippen LogP contribution in [0, 0.1) is 0 Å². The van der Waals surface area contributed by atoms with Gasteiger partial charge in [0.25, 0.3) is 0 Å². The molecular weight excluding hydrogens is 152 g/mol. The molecule has 0 amide bonds. The molecule has 0 bridgehead atoms. The molecule has 1 rings (SSSR count). The Hall–Kier alpha value is -1.48. The maximum absolute atomic E-state index is 10.7. The van der Waals surface area contributed by atoms with Crippen molar-refractivity contribution in [3.05, 3.63) is 36.2 Å². The van der Waals surface area contributed by atoms with Gasteiger partial charge in [-0.25, -0.2) is 0 Å². The third-order valence-electron chi connectivity index (χ3n) is 1.33. The molecule has 0 aliphatic rings. The largest absolute Gasteiger partial charge is 0.324 e. The lowest BCUT2D eigenvalue weighted by Crippen LogP contribution is -2.09. The van der Waals surface area contributed by atoms with Crippen LogP contribution in [0.2, 0.25) is 0 Å². The molecule has 1 heterocycles. The van der Waals surface area contributed by atoms with Crippen molar-refractivity contribution in [1.82, 2.24) is 4.98 Å². The summed E-state index contributed by atoms with van der Waals surface area (Å²) in [6, 6.07) is 5.50. The predicted octanol–water partition coefficient (Wildman–Crippen LogP) is 0.623. The average Bonchev–Trinajstić information content (AvgIpc) is 2.16. The number of ketones is 1. The smallest absolute Gasteiger partial charge is 0.169 e. The van der Waals surface area contributed by atoms with Gasteiger partial charge in [-0.2, -0.15) is 0 Å². The molecule has 0 unspecified atom stereocenters. The summed E-state index contributed by atoms with van der Waals surface area (Å²) in [6.07, 6.45) is 4.75. The van der Waals surface area contributed by atoms with E-state index in [0.29, 0.717) is 0 Å². The summed E-state index contributed by atoms with van der Waals surface area (Å²) in [6.45, 7) is 0.0450. The van der Waals surface area contributed by atoms with Gasteiger partial charge in [-0.15, -0.1) is 0 Å². The topological polar surface area (TPSA) is 56.0 Å². The fourth-order valence-electron chi connectivity index (χ4n) is 0.721. The van der Waals surface area contributed by atoms with Crippen molar-refractivity contribution in [3.8, 4) is 0 Å². The molecule has 0 aromatic carbocycles. The van der Waals surface area contributed by atoms with Gasteiger partial charge in [0.1, 0.15) is 0 Å². The molecule has 3 nitrogen and oxygen atoms in total. The van der Waals surface area contributed by atoms with E-state index in [4.69, 9.17) is 5.73 Å². The Kier molecular flexibility index (Phi) is 3.17. The van der Waals surface area contributed by atoms with Gasteiger partial charge < -0.3 is 5.73 Å². The van der Waals surface area contributed by atoms with E-state index in [1.807, 2.05) is 18.2 Å². The summed E-state index contributed by atoms with van der Waals surface area (Å²) in [5.41, 5.74) is 5.88. The van der Waals surface area contributed by atoms with E-state index in [9.17, 15) is 4.79 Å². The lowest BCUT2D eigenvalue weighted by atomic mass is 10.3. The van der Waals surface area contributed by atoms with Crippen LogP contribution in [-0.2, 0) is 4.79 Å². The minimum Gasteiger partial charge on any atom is -0.324 e. The summed E-state index contributed by atoms with van der Waals surface area (Å²) in [5.74, 6) is -0.0966. The zero-order valence-electron chi connectivity index (χ0n) is 6.60. The van der Waals surface area contributed by atoms with Gasteiger partial charge in [0, 0.05) is 6.20 Å². The van der Waals surface area contributed by atoms with Crippen molar-refractivity contribution in [1.29, 1.82) is 0 Å². The van der Waals surface area contributed by atoms with E-state index < -0.39 is 0 Å². The van der Waals surface area contributed by atoms with Crippen LogP contribution < -0.4 is 5.73 Å². The van der Waals surface area contributed by atoms with Crippen LogP contribution in [0.25, 0.3) is 6.08 Å². The van der Waals surface area contributed by atoms with Gasteiger partial charge in [0.05, 0.1) is 12.2 Å². The molecule has 0 saturated carbocycles. The van der Waals surface area contributed by atoms with E-state index in [2.05, 4.69) is 4.98 Å². The first-order valence-electron chi connectivity index (χ1n) is 3.65. The molecule has 1 aromatic rings. The standard InChI is InChI=1S/C9H10N2O/c10-7-9(12)5-4-8-3-1-2-6-11-8/h1-6H,7,10H2/b5-4+. The Bertz CT molecular complexity index is 280. The maximum Gasteiger partial charge on any atom is 0.169 e. The van der Waals surface area contributed by atoms with Crippen molar-refractivity contribution in [2.24, 2.45) is 5.73 Å². The second kappa shape index (κ2) is 4.41. The number of nitrogens with zero attached hydrogens (tertiary/aromatic N) is 1. The number of hydrogen-bond acceptors (Lipinski definition) is 3. The van der Waals surface area contributed by atoms with Gasteiger partial charge in [0.2, 0.25) is 0 Å². The van der Waals surface area contributed by atoms with E-state index in [1.165, 1.54) is 6.08 Å². The van der Waals surface area contributed by atoms with Gasteiger partial charge in [-0.1, -0.05) is 6.07 Å². The number of pyridine rings is 1. The summed E-state index contributed by atoms with van der Waals surface area (Å²) < 4.78 is 0. The number of aromatic nitrogens is 1. The highest BCUT2D eigenvalue weighted by atomic mass is 16.1. The van der Waals surface area contributed by atoms with Gasteiger partial charge in [-0.3, -0.25) is 9.78 Å². The molecule has 62 valence electrons. The van der Waals surface area contributed by atoms with Crippen LogP contribution >= 0.6 is 0 Å². The lowest BCUT2D eigenvalue weighted by Gasteiger charge is -1.89. The van der Waals surface area contributed by atoms with E-state index in [-0.39, 0.29) is 12.3 Å². The molecule has 3 heteroatoms. The number of nitrogens with two attached hydrogens (primary N) is 1. The Balaban J connectivity index is 2.64. The molecular formula is C9H10N2O. The first kappa shape index (κ1) is 8.62. The molecule has 2 N–H and O–H groups in total. The van der Waals surface area contributed by atoms with E-state index in [1.54, 1.807) is 12.3 Å². The second-order valence-electron chi connectivity index (χ2n) is 2.26. The highest BCUT2D eigenvalue weighted by molar-refractivity contribution is 5.94. The Labute approximate surface area is 70.9 Å². The number of hydrogen-bond donors (Lipinski definition) is 1. The molecule has 0 atom stereocenters. The molecule has 0 radical (unpaired) electrons. The minimum absolute atomic E-state index is 0.0450. The minimum atomic E-state index is -0.0966. The van der Waals surface area contributed by atoms with Gasteiger partial charge in [0.15, 0.2) is 5.78 Å². The highest BCUT2D eigenvalue weighted by Crippen LogP contribution is 1.95. The van der Waals surface area contributed by atoms with Crippen LogP contribution in [0.5, 0.6) is 0 Å². The molecule has 0 aliphatic heterocycles. The Morgan fingerprint density at radius 1 is 1.58 bits per heavy atom. The summed E-state index contributed by atoms with van der Waals surface area (Å²) in [4.78, 5) is 14.8. The lowest BCUT2D eigenvalue weighted by molar-refractivity contribution is -0.113. The summed E-state index contributed by atoms with van der Waals surface area (Å²) in [5, 5.41) is 0. The molecule has 0 fully saturated rings. The van der Waals surface area contributed by atoms with Gasteiger partial charge in [-0.05, 0) is 24.3 Å². The van der Waals surface area contributed by atoms with Crippen LogP contribution in [0.1, 0.15) is 5.69 Å². The number of carbonyl (C=O) groups excluding carboxylic acids is 1. The van der Waals surface area contributed by atoms with Crippen molar-refractivity contribution in [3.63, 3.8) is 0 Å². The van der Waals surface area contributed by atoms with E-state index in [0.717, 1.165) is 5.69 Å². The van der Waals surface area contributed by atoms with Crippen LogP contribution in [0.3, 0.4) is 0 Å². The summed E-state index contributed by atoms with van der Waals surface area (Å²) >= 11 is 0. The maximum atomic E-state index is 10.7. The first-order valence-corrected chi connectivity index (χ1v) is 3.65. The number of carbonyl (C=O) groups is 1. The first-order chi connectivity index (χ1) is 5.83. The average molecular weight is 162 g/mol. The van der Waals surface area contributed by atoms with Crippen LogP contribution in [0.4, 0.5) is 0 Å². The quantitative estimate of drug-likeness (QED) is 0.663. The normalized spacial score (nSPS) is 10.4. The highest BCUT2D eigenvalue weighted by Gasteiger charge is 1.89. The summed E-state index contributed by atoms with van der Waals surface area (Å²) in [7, 11) is 0. The van der Waals surface area contributed by atoms with Crippen molar-refractivity contribution in [2.75, 3.05) is 6.54 Å². The zero-order chi connectivity index (χ0) is 8.81. The molecule has 1 aromatic heterocycles. The molecule has 0 saturated heterocycles. The van der Waals surface area contributed by atoms with Crippen molar-refractivity contribution >= 4 is 11.9 Å². The fraction of sp³-hybridized carbons (Fsp3) is 0.111. The molecule has 12 heavy (non-hydrogen) atoms.